The van der Waals surface area contributed by atoms with Crippen LogP contribution in [0.3, 0.4) is 0 Å². The molecular weight excluding hydrogens is 382 g/mol. The van der Waals surface area contributed by atoms with Crippen molar-refractivity contribution in [2.45, 2.75) is 26.3 Å². The zero-order valence-corrected chi connectivity index (χ0v) is 18.1. The zero-order chi connectivity index (χ0) is 21.2. The van der Waals surface area contributed by atoms with Crippen LogP contribution in [0, 0.1) is 11.3 Å². The molecule has 1 saturated heterocycles. The predicted octanol–water partition coefficient (Wildman–Crippen LogP) is 2.64. The fourth-order valence-corrected chi connectivity index (χ4v) is 4.87. The van der Waals surface area contributed by atoms with E-state index >= 15 is 0 Å². The molecule has 1 aliphatic heterocycles. The molecule has 1 fully saturated rings. The predicted molar refractivity (Wildman–Crippen MR) is 123 cm³/mol. The fraction of sp³-hybridized carbons (Fsp3) is 0.308. The second-order valence-electron chi connectivity index (χ2n) is 8.49. The largest absolute Gasteiger partial charge is 0.326 e. The average molecular weight is 412 g/mol. The zero-order valence-electron chi connectivity index (χ0n) is 18.1. The van der Waals surface area contributed by atoms with Crippen LogP contribution in [0.4, 0.5) is 5.82 Å². The van der Waals surface area contributed by atoms with Crippen molar-refractivity contribution in [3.63, 3.8) is 0 Å². The summed E-state index contributed by atoms with van der Waals surface area (Å²) in [6.45, 7) is 7.52. The highest BCUT2D eigenvalue weighted by atomic mass is 15.3. The third kappa shape index (κ3) is 3.64. The number of pyridine rings is 1. The first-order valence-corrected chi connectivity index (χ1v) is 11.3. The Morgan fingerprint density at radius 2 is 1.81 bits per heavy atom. The molecule has 0 amide bonds. The number of nitrogens with one attached hydrogen (secondary N) is 2. The van der Waals surface area contributed by atoms with Crippen LogP contribution in [0.25, 0.3) is 16.7 Å². The molecule has 0 aliphatic carbocycles. The molecule has 5 nitrogen and oxygen atoms in total. The van der Waals surface area contributed by atoms with E-state index in [-0.39, 0.29) is 0 Å². The monoisotopic (exact) mass is 411 g/mol. The first kappa shape index (κ1) is 19.6. The number of para-hydroxylation sites is 2. The summed E-state index contributed by atoms with van der Waals surface area (Å²) in [6, 6.07) is 23.9. The van der Waals surface area contributed by atoms with Crippen LogP contribution >= 0.6 is 0 Å². The summed E-state index contributed by atoms with van der Waals surface area (Å²) >= 11 is 0. The highest BCUT2D eigenvalue weighted by Crippen LogP contribution is 2.24. The van der Waals surface area contributed by atoms with E-state index < -0.39 is 0 Å². The van der Waals surface area contributed by atoms with Gasteiger partial charge in [0.1, 0.15) is 55.4 Å². The average Bonchev–Trinajstić information content (AvgIpc) is 3.19. The van der Waals surface area contributed by atoms with Gasteiger partial charge in [-0.05, 0) is 24.1 Å². The van der Waals surface area contributed by atoms with Crippen LogP contribution in [-0.2, 0) is 13.0 Å². The smallest absolute Gasteiger partial charge is 0.250 e. The number of H-pyrrole nitrogens is 1. The number of fused-ring (bicyclic) bond motifs is 3. The number of nitrogens with zero attached hydrogens (tertiary/aromatic N) is 3. The van der Waals surface area contributed by atoms with Crippen molar-refractivity contribution in [2.24, 2.45) is 0 Å². The maximum Gasteiger partial charge on any atom is 0.250 e. The Kier molecular flexibility index (Phi) is 5.31. The van der Waals surface area contributed by atoms with Gasteiger partial charge in [-0.3, -0.25) is 9.88 Å². The highest BCUT2D eigenvalue weighted by Gasteiger charge is 2.29. The van der Waals surface area contributed by atoms with Crippen molar-refractivity contribution in [3.8, 4) is 6.07 Å². The molecule has 0 saturated carbocycles. The van der Waals surface area contributed by atoms with Gasteiger partial charge in [0.05, 0.1) is 0 Å². The van der Waals surface area contributed by atoms with Crippen molar-refractivity contribution < 1.29 is 9.30 Å². The third-order valence-electron chi connectivity index (χ3n) is 6.43. The Hall–Kier alpha value is -3.36. The fourth-order valence-electron chi connectivity index (χ4n) is 4.87. The molecule has 4 aromatic rings. The van der Waals surface area contributed by atoms with Crippen molar-refractivity contribution in [1.29, 1.82) is 5.26 Å². The lowest BCUT2D eigenvalue weighted by Gasteiger charge is -2.30. The van der Waals surface area contributed by atoms with E-state index in [0.29, 0.717) is 0 Å². The number of anilines is 1. The Bertz CT molecular complexity index is 1240. The maximum atomic E-state index is 9.94. The number of aryl methyl sites for hydroxylation is 1. The van der Waals surface area contributed by atoms with Crippen LogP contribution in [-0.4, -0.2) is 31.2 Å². The second-order valence-corrected chi connectivity index (χ2v) is 8.49. The van der Waals surface area contributed by atoms with Gasteiger partial charge in [0, 0.05) is 11.6 Å². The number of hydrogen-bond donors (Lipinski definition) is 2. The van der Waals surface area contributed by atoms with E-state index in [2.05, 4.69) is 81.9 Å². The highest BCUT2D eigenvalue weighted by molar-refractivity contribution is 5.77. The number of rotatable bonds is 5. The standard InChI is InChI=1S/C26H27N5/c1-2-8-21-17-25(30-15-13-29(14-16-30)19-20-9-4-3-5-10-20)31-24-12-7-6-11-23(24)28-26(31)22(21)18-27/h3-7,9-12,17H,2,8,13-16,19H2,1H3/p+2. The maximum absolute atomic E-state index is 9.94. The number of imidazole rings is 1. The number of nitriles is 1. The normalized spacial score (nSPS) is 14.9. The van der Waals surface area contributed by atoms with Gasteiger partial charge in [0.25, 0.3) is 0 Å². The molecule has 5 rings (SSSR count). The first-order chi connectivity index (χ1) is 15.3. The topological polar surface area (TPSA) is 51.4 Å². The van der Waals surface area contributed by atoms with Gasteiger partial charge in [0.15, 0.2) is 0 Å². The quantitative estimate of drug-likeness (QED) is 0.496. The Morgan fingerprint density at radius 3 is 2.55 bits per heavy atom. The molecule has 3 heterocycles. The van der Waals surface area contributed by atoms with Crippen LogP contribution in [0.5, 0.6) is 0 Å². The molecule has 0 spiro atoms. The Labute approximate surface area is 183 Å². The van der Waals surface area contributed by atoms with Crippen molar-refractivity contribution >= 4 is 22.5 Å². The minimum absolute atomic E-state index is 0.773. The summed E-state index contributed by atoms with van der Waals surface area (Å²) in [5.74, 6) is 1.20. The minimum Gasteiger partial charge on any atom is -0.326 e. The lowest BCUT2D eigenvalue weighted by atomic mass is 10.0. The van der Waals surface area contributed by atoms with E-state index in [4.69, 9.17) is 0 Å². The SMILES string of the molecule is CCCc1cc(N2CC[NH+](Cc3ccccc3)CC2)[n+]2c([nH]c3ccccc32)c1C#N. The van der Waals surface area contributed by atoms with Gasteiger partial charge >= 0.3 is 0 Å². The van der Waals surface area contributed by atoms with Crippen LogP contribution in [0.15, 0.2) is 60.7 Å². The molecule has 0 radical (unpaired) electrons. The van der Waals surface area contributed by atoms with E-state index in [1.807, 2.05) is 6.07 Å². The summed E-state index contributed by atoms with van der Waals surface area (Å²) in [6.07, 6.45) is 1.94. The van der Waals surface area contributed by atoms with Crippen molar-refractivity contribution in [3.05, 3.63) is 77.4 Å². The number of aromatic amines is 1. The summed E-state index contributed by atoms with van der Waals surface area (Å²) in [7, 11) is 0. The van der Waals surface area contributed by atoms with Gasteiger partial charge < -0.3 is 4.90 Å². The van der Waals surface area contributed by atoms with Crippen LogP contribution < -0.4 is 14.2 Å². The number of benzene rings is 2. The molecule has 31 heavy (non-hydrogen) atoms. The van der Waals surface area contributed by atoms with E-state index in [9.17, 15) is 5.26 Å². The second kappa shape index (κ2) is 8.41. The lowest BCUT2D eigenvalue weighted by molar-refractivity contribution is -0.914. The lowest BCUT2D eigenvalue weighted by Crippen LogP contribution is -3.13. The first-order valence-electron chi connectivity index (χ1n) is 11.3. The minimum atomic E-state index is 0.773. The van der Waals surface area contributed by atoms with Crippen molar-refractivity contribution in [1.82, 2.24) is 4.98 Å². The van der Waals surface area contributed by atoms with E-state index in [0.717, 1.165) is 73.4 Å². The molecule has 2 aromatic heterocycles. The van der Waals surface area contributed by atoms with Gasteiger partial charge in [-0.25, -0.2) is 0 Å². The van der Waals surface area contributed by atoms with E-state index in [1.165, 1.54) is 11.4 Å². The summed E-state index contributed by atoms with van der Waals surface area (Å²) < 4.78 is 2.26. The molecule has 0 bridgehead atoms. The Balaban J connectivity index is 1.51. The van der Waals surface area contributed by atoms with Crippen LogP contribution in [0.2, 0.25) is 0 Å². The van der Waals surface area contributed by atoms with Crippen molar-refractivity contribution in [2.75, 3.05) is 31.1 Å². The van der Waals surface area contributed by atoms with E-state index in [1.54, 1.807) is 4.90 Å². The third-order valence-corrected chi connectivity index (χ3v) is 6.43. The van der Waals surface area contributed by atoms with Gasteiger partial charge in [-0.2, -0.15) is 9.66 Å². The molecule has 156 valence electrons. The molecule has 1 aliphatic rings. The number of aromatic nitrogens is 2. The molecule has 0 unspecified atom stereocenters. The van der Waals surface area contributed by atoms with Gasteiger partial charge in [-0.1, -0.05) is 55.8 Å². The summed E-state index contributed by atoms with van der Waals surface area (Å²) in [5, 5.41) is 9.94. The Morgan fingerprint density at radius 1 is 1.06 bits per heavy atom. The number of piperazine rings is 1. The molecular formula is C26H29N5+2. The number of hydrogen-bond acceptors (Lipinski definition) is 2. The van der Waals surface area contributed by atoms with Gasteiger partial charge in [0.2, 0.25) is 11.5 Å². The number of quaternary nitrogens is 1. The summed E-state index contributed by atoms with van der Waals surface area (Å²) in [5.41, 5.74) is 6.45. The summed E-state index contributed by atoms with van der Waals surface area (Å²) in [4.78, 5) is 7.66. The molecule has 2 N–H and O–H groups in total. The van der Waals surface area contributed by atoms with Gasteiger partial charge in [-0.15, -0.1) is 0 Å². The van der Waals surface area contributed by atoms with Crippen LogP contribution in [0.1, 0.15) is 30.0 Å². The molecule has 5 heteroatoms. The molecule has 0 atom stereocenters. The molecule has 2 aromatic carbocycles.